The van der Waals surface area contributed by atoms with Gasteiger partial charge in [0, 0.05) is 12.6 Å². The minimum atomic E-state index is -1.34. The van der Waals surface area contributed by atoms with E-state index in [1.807, 2.05) is 53.2 Å². The van der Waals surface area contributed by atoms with Crippen molar-refractivity contribution in [3.63, 3.8) is 0 Å². The van der Waals surface area contributed by atoms with Crippen LogP contribution < -0.4 is 21.3 Å². The summed E-state index contributed by atoms with van der Waals surface area (Å²) in [5.41, 5.74) is 3.43. The maximum absolute atomic E-state index is 13.0. The predicted octanol–water partition coefficient (Wildman–Crippen LogP) is -1.84. The molecule has 2 heterocycles. The zero-order valence-electron chi connectivity index (χ0n) is 27.1. The van der Waals surface area contributed by atoms with Crippen LogP contribution in [0.2, 0.25) is 0 Å². The van der Waals surface area contributed by atoms with E-state index in [0.717, 1.165) is 16.8 Å². The molecule has 1 aliphatic heterocycles. The molecule has 3 aromatic rings. The van der Waals surface area contributed by atoms with Gasteiger partial charge in [0.1, 0.15) is 25.7 Å². The quantitative estimate of drug-likeness (QED) is 0.169. The van der Waals surface area contributed by atoms with Crippen LogP contribution in [0.1, 0.15) is 11.1 Å². The molecule has 1 aromatic heterocycles. The zero-order chi connectivity index (χ0) is 36.6. The van der Waals surface area contributed by atoms with E-state index in [1.54, 1.807) is 18.3 Å². The number of hydrogen-bond donors (Lipinski definition) is 4. The van der Waals surface area contributed by atoms with E-state index < -0.39 is 99.6 Å². The molecule has 1 unspecified atom stereocenters. The standard InChI is InChI=1S/C33H34N6O12/c40-26-17-49-31(45)14-36-28(42)19-51-33(47)24(38-29(43)20-50-32(46)15-35-27(41)18-48-30(44)13-34-26)12-21-6-8-22(9-7-21)16-39-25(10-11-37-39)23-4-2-1-3-5-23/h1-11,24H,12-20H2,(H,34,40)(H,35,41)(H,36,42)(H,38,43). The number of cyclic esters (lactones) is 4. The molecule has 18 heteroatoms. The van der Waals surface area contributed by atoms with Crippen molar-refractivity contribution in [1.29, 1.82) is 0 Å². The number of benzene rings is 2. The first kappa shape index (κ1) is 37.2. The summed E-state index contributed by atoms with van der Waals surface area (Å²) >= 11 is 0. The average molecular weight is 707 g/mol. The van der Waals surface area contributed by atoms with Gasteiger partial charge in [-0.3, -0.25) is 38.2 Å². The molecule has 0 saturated carbocycles. The van der Waals surface area contributed by atoms with Crippen molar-refractivity contribution in [1.82, 2.24) is 31.0 Å². The van der Waals surface area contributed by atoms with Gasteiger partial charge in [-0.25, -0.2) is 4.79 Å². The number of carbonyl (C=O) groups excluding carboxylic acids is 8. The lowest BCUT2D eigenvalue weighted by Crippen LogP contribution is -2.46. The number of nitrogens with zero attached hydrogens (tertiary/aromatic N) is 2. The van der Waals surface area contributed by atoms with E-state index in [-0.39, 0.29) is 6.42 Å². The maximum atomic E-state index is 13.0. The van der Waals surface area contributed by atoms with Gasteiger partial charge in [0.25, 0.3) is 23.6 Å². The van der Waals surface area contributed by atoms with Crippen molar-refractivity contribution in [2.75, 3.05) is 46.1 Å². The lowest BCUT2D eigenvalue weighted by atomic mass is 10.0. The summed E-state index contributed by atoms with van der Waals surface area (Å²) in [6, 6.07) is 17.4. The number of esters is 4. The van der Waals surface area contributed by atoms with Gasteiger partial charge in [0.05, 0.1) is 12.2 Å². The second-order valence-corrected chi connectivity index (χ2v) is 10.8. The van der Waals surface area contributed by atoms with Crippen LogP contribution in [0.4, 0.5) is 0 Å². The molecule has 0 bridgehead atoms. The Balaban J connectivity index is 1.40. The zero-order valence-corrected chi connectivity index (χ0v) is 27.1. The van der Waals surface area contributed by atoms with Gasteiger partial charge in [0.15, 0.2) is 26.4 Å². The first-order valence-electron chi connectivity index (χ1n) is 15.4. The summed E-state index contributed by atoms with van der Waals surface area (Å²) in [6.45, 7) is -4.80. The molecule has 1 aliphatic rings. The summed E-state index contributed by atoms with van der Waals surface area (Å²) in [4.78, 5) is 97.4. The third-order valence-electron chi connectivity index (χ3n) is 6.93. The molecule has 2 aromatic carbocycles. The number of aromatic nitrogens is 2. The Morgan fingerprint density at radius 1 is 0.588 bits per heavy atom. The SMILES string of the molecule is O=C1COC(=O)CNC(=O)COC(=O)C(Cc2ccc(Cn3nccc3-c3ccccc3)cc2)NC(=O)COC(=O)CNC(=O)COC(=O)CN1. The van der Waals surface area contributed by atoms with Crippen LogP contribution in [-0.4, -0.2) is 109 Å². The van der Waals surface area contributed by atoms with Gasteiger partial charge in [-0.2, -0.15) is 5.10 Å². The van der Waals surface area contributed by atoms with Crippen LogP contribution in [0.5, 0.6) is 0 Å². The summed E-state index contributed by atoms with van der Waals surface area (Å²) in [6.07, 6.45) is 1.62. The molecular formula is C33H34N6O12. The molecule has 4 N–H and O–H groups in total. The van der Waals surface area contributed by atoms with Crippen LogP contribution >= 0.6 is 0 Å². The van der Waals surface area contributed by atoms with Crippen LogP contribution in [0, 0.1) is 0 Å². The molecule has 268 valence electrons. The van der Waals surface area contributed by atoms with Crippen LogP contribution in [0.25, 0.3) is 11.3 Å². The number of amides is 4. The van der Waals surface area contributed by atoms with E-state index in [4.69, 9.17) is 14.2 Å². The number of rotatable bonds is 5. The van der Waals surface area contributed by atoms with Crippen molar-refractivity contribution in [2.45, 2.75) is 19.0 Å². The highest BCUT2D eigenvalue weighted by molar-refractivity contribution is 5.90. The van der Waals surface area contributed by atoms with Crippen molar-refractivity contribution in [3.05, 3.63) is 78.0 Å². The molecule has 1 atom stereocenters. The minimum absolute atomic E-state index is 0.0827. The normalized spacial score (nSPS) is 18.0. The second kappa shape index (κ2) is 18.8. The Morgan fingerprint density at radius 3 is 1.63 bits per heavy atom. The minimum Gasteiger partial charge on any atom is -0.454 e. The van der Waals surface area contributed by atoms with Gasteiger partial charge in [0.2, 0.25) is 0 Å². The molecule has 0 aliphatic carbocycles. The molecule has 0 radical (unpaired) electrons. The monoisotopic (exact) mass is 706 g/mol. The summed E-state index contributed by atoms with van der Waals surface area (Å²) in [5.74, 6) is -7.56. The summed E-state index contributed by atoms with van der Waals surface area (Å²) < 4.78 is 21.1. The van der Waals surface area contributed by atoms with E-state index in [0.29, 0.717) is 12.1 Å². The fourth-order valence-electron chi connectivity index (χ4n) is 4.43. The van der Waals surface area contributed by atoms with Gasteiger partial charge in [-0.05, 0) is 22.8 Å². The summed E-state index contributed by atoms with van der Waals surface area (Å²) in [7, 11) is 0. The van der Waals surface area contributed by atoms with E-state index >= 15 is 0 Å². The van der Waals surface area contributed by atoms with E-state index in [9.17, 15) is 38.4 Å². The third kappa shape index (κ3) is 12.7. The van der Waals surface area contributed by atoms with Gasteiger partial charge < -0.3 is 40.2 Å². The maximum Gasteiger partial charge on any atom is 0.329 e. The van der Waals surface area contributed by atoms with Crippen molar-refractivity contribution in [2.24, 2.45) is 0 Å². The summed E-state index contributed by atoms with van der Waals surface area (Å²) in [5, 5.41) is 13.2. The number of ether oxygens (including phenoxy) is 4. The van der Waals surface area contributed by atoms with E-state index in [1.165, 1.54) is 0 Å². The fourth-order valence-corrected chi connectivity index (χ4v) is 4.43. The highest BCUT2D eigenvalue weighted by Crippen LogP contribution is 2.20. The first-order valence-corrected chi connectivity index (χ1v) is 15.4. The Labute approximate surface area is 290 Å². The number of carbonyl (C=O) groups is 8. The lowest BCUT2D eigenvalue weighted by Gasteiger charge is -2.18. The largest absolute Gasteiger partial charge is 0.454 e. The number of hydrogen-bond acceptors (Lipinski definition) is 13. The second-order valence-electron chi connectivity index (χ2n) is 10.8. The fraction of sp³-hybridized carbons (Fsp3) is 0.303. The smallest absolute Gasteiger partial charge is 0.329 e. The Hall–Kier alpha value is -6.59. The Morgan fingerprint density at radius 2 is 1.08 bits per heavy atom. The van der Waals surface area contributed by atoms with Gasteiger partial charge in [-0.15, -0.1) is 0 Å². The predicted molar refractivity (Wildman–Crippen MR) is 172 cm³/mol. The van der Waals surface area contributed by atoms with Gasteiger partial charge in [-0.1, -0.05) is 54.6 Å². The highest BCUT2D eigenvalue weighted by Gasteiger charge is 2.25. The van der Waals surface area contributed by atoms with Crippen molar-refractivity contribution < 1.29 is 57.3 Å². The number of nitrogens with one attached hydrogen (secondary N) is 4. The molecule has 1 fully saturated rings. The molecule has 18 nitrogen and oxygen atoms in total. The van der Waals surface area contributed by atoms with Gasteiger partial charge >= 0.3 is 23.9 Å². The average Bonchev–Trinajstić information content (AvgIpc) is 3.60. The third-order valence-corrected chi connectivity index (χ3v) is 6.93. The first-order chi connectivity index (χ1) is 24.5. The van der Waals surface area contributed by atoms with Crippen LogP contribution in [0.3, 0.4) is 0 Å². The highest BCUT2D eigenvalue weighted by atomic mass is 16.6. The molecule has 0 spiro atoms. The van der Waals surface area contributed by atoms with Crippen LogP contribution in [-0.2, 0) is 70.3 Å². The Bertz CT molecular complexity index is 1740. The lowest BCUT2D eigenvalue weighted by molar-refractivity contribution is -0.154. The van der Waals surface area contributed by atoms with E-state index in [2.05, 4.69) is 31.1 Å². The van der Waals surface area contributed by atoms with Crippen molar-refractivity contribution >= 4 is 47.5 Å². The van der Waals surface area contributed by atoms with Crippen molar-refractivity contribution in [3.8, 4) is 11.3 Å². The topological polar surface area (TPSA) is 239 Å². The molecular weight excluding hydrogens is 672 g/mol. The molecule has 4 rings (SSSR count). The molecule has 4 amide bonds. The molecule has 1 saturated heterocycles. The molecule has 51 heavy (non-hydrogen) atoms. The Kier molecular flexibility index (Phi) is 13.7. The van der Waals surface area contributed by atoms with Crippen LogP contribution in [0.15, 0.2) is 66.9 Å².